The minimum Gasteiger partial charge on any atom is -0.505 e. The van der Waals surface area contributed by atoms with E-state index in [2.05, 4.69) is 15.9 Å². The number of hydrogen-bond acceptors (Lipinski definition) is 2. The molecule has 0 fully saturated rings. The number of nitrogens with two attached hydrogens (primary N) is 1. The zero-order valence-corrected chi connectivity index (χ0v) is 7.43. The summed E-state index contributed by atoms with van der Waals surface area (Å²) in [5, 5.41) is 8.85. The number of phenolic OH excluding ortho intramolecular Hbond substituents is 1. The molecule has 3 N–H and O–H groups in total. The van der Waals surface area contributed by atoms with E-state index >= 15 is 0 Å². The molecule has 0 saturated heterocycles. The lowest BCUT2D eigenvalue weighted by Crippen LogP contribution is -2.11. The third-order valence-electron chi connectivity index (χ3n) is 1.30. The van der Waals surface area contributed by atoms with E-state index in [9.17, 15) is 9.18 Å². The fourth-order valence-corrected chi connectivity index (χ4v) is 1.25. The van der Waals surface area contributed by atoms with Crippen LogP contribution in [0.5, 0.6) is 5.75 Å². The van der Waals surface area contributed by atoms with Gasteiger partial charge >= 0.3 is 0 Å². The van der Waals surface area contributed by atoms with Gasteiger partial charge in [0.1, 0.15) is 0 Å². The van der Waals surface area contributed by atoms with Gasteiger partial charge in [-0.05, 0) is 28.1 Å². The van der Waals surface area contributed by atoms with Gasteiger partial charge in [-0.25, -0.2) is 4.39 Å². The number of phenols is 1. The number of hydrogen-bond donors (Lipinski definition) is 2. The fourth-order valence-electron chi connectivity index (χ4n) is 0.725. The summed E-state index contributed by atoms with van der Waals surface area (Å²) < 4.78 is 12.9. The first-order valence-electron chi connectivity index (χ1n) is 3.00. The molecule has 12 heavy (non-hydrogen) atoms. The van der Waals surface area contributed by atoms with E-state index in [0.29, 0.717) is 0 Å². The van der Waals surface area contributed by atoms with Gasteiger partial charge < -0.3 is 10.8 Å². The number of amides is 1. The van der Waals surface area contributed by atoms with Crippen molar-refractivity contribution in [1.82, 2.24) is 0 Å². The quantitative estimate of drug-likeness (QED) is 0.771. The lowest BCUT2D eigenvalue weighted by atomic mass is 10.2. The molecule has 1 aromatic carbocycles. The summed E-state index contributed by atoms with van der Waals surface area (Å²) in [5.74, 6) is -2.14. The zero-order valence-electron chi connectivity index (χ0n) is 5.84. The molecule has 0 aromatic heterocycles. The third kappa shape index (κ3) is 1.55. The van der Waals surface area contributed by atoms with E-state index < -0.39 is 17.5 Å². The molecular weight excluding hydrogens is 229 g/mol. The van der Waals surface area contributed by atoms with Crippen LogP contribution in [0.2, 0.25) is 0 Å². The van der Waals surface area contributed by atoms with Crippen LogP contribution in [0.1, 0.15) is 10.4 Å². The number of aromatic hydroxyl groups is 1. The molecule has 0 aliphatic rings. The largest absolute Gasteiger partial charge is 0.505 e. The molecular formula is C7H5BrFNO2. The molecule has 0 bridgehead atoms. The number of carbonyl (C=O) groups is 1. The van der Waals surface area contributed by atoms with E-state index in [0.717, 1.165) is 12.1 Å². The summed E-state index contributed by atoms with van der Waals surface area (Å²) in [6, 6.07) is 1.96. The average Bonchev–Trinajstić information content (AvgIpc) is 1.96. The van der Waals surface area contributed by atoms with E-state index in [1.165, 1.54) is 0 Å². The predicted molar refractivity (Wildman–Crippen MR) is 44.3 cm³/mol. The van der Waals surface area contributed by atoms with Crippen molar-refractivity contribution in [1.29, 1.82) is 0 Å². The van der Waals surface area contributed by atoms with E-state index in [1.807, 2.05) is 0 Å². The Morgan fingerprint density at radius 1 is 1.58 bits per heavy atom. The van der Waals surface area contributed by atoms with Crippen LogP contribution < -0.4 is 5.73 Å². The van der Waals surface area contributed by atoms with Gasteiger partial charge in [0, 0.05) is 4.47 Å². The Kier molecular flexibility index (Phi) is 2.32. The highest BCUT2D eigenvalue weighted by Gasteiger charge is 2.10. The van der Waals surface area contributed by atoms with Crippen LogP contribution in [-0.2, 0) is 0 Å². The standard InChI is InChI=1S/C7H5BrFNO2/c8-4-2-6(11)5(9)1-3(4)7(10)12/h1-2,11H,(H2,10,12). The minimum atomic E-state index is -0.869. The van der Waals surface area contributed by atoms with E-state index in [4.69, 9.17) is 10.8 Å². The van der Waals surface area contributed by atoms with Crippen LogP contribution in [0.3, 0.4) is 0 Å². The number of halogens is 2. The lowest BCUT2D eigenvalue weighted by molar-refractivity contribution is 0.0999. The molecule has 0 saturated carbocycles. The van der Waals surface area contributed by atoms with Crippen LogP contribution in [0, 0.1) is 5.82 Å². The maximum absolute atomic E-state index is 12.6. The van der Waals surface area contributed by atoms with Crippen molar-refractivity contribution in [2.24, 2.45) is 5.73 Å². The summed E-state index contributed by atoms with van der Waals surface area (Å²) in [6.45, 7) is 0. The molecule has 0 unspecified atom stereocenters. The van der Waals surface area contributed by atoms with Crippen molar-refractivity contribution in [2.45, 2.75) is 0 Å². The van der Waals surface area contributed by atoms with Crippen LogP contribution in [0.15, 0.2) is 16.6 Å². The number of benzene rings is 1. The van der Waals surface area contributed by atoms with Gasteiger partial charge in [0.25, 0.3) is 0 Å². The molecule has 0 aliphatic carbocycles. The molecule has 0 aliphatic heterocycles. The van der Waals surface area contributed by atoms with E-state index in [-0.39, 0.29) is 10.0 Å². The maximum atomic E-state index is 12.6. The first-order valence-corrected chi connectivity index (χ1v) is 3.79. The van der Waals surface area contributed by atoms with Crippen molar-refractivity contribution in [3.63, 3.8) is 0 Å². The molecule has 3 nitrogen and oxygen atoms in total. The third-order valence-corrected chi connectivity index (χ3v) is 1.96. The molecule has 64 valence electrons. The molecule has 1 aromatic rings. The Hall–Kier alpha value is -1.10. The second-order valence-electron chi connectivity index (χ2n) is 2.15. The smallest absolute Gasteiger partial charge is 0.249 e. The van der Waals surface area contributed by atoms with Crippen LogP contribution >= 0.6 is 15.9 Å². The lowest BCUT2D eigenvalue weighted by Gasteiger charge is -2.01. The first-order chi connectivity index (χ1) is 5.52. The van der Waals surface area contributed by atoms with Crippen molar-refractivity contribution in [3.05, 3.63) is 28.0 Å². The summed E-state index contributed by atoms with van der Waals surface area (Å²) in [4.78, 5) is 10.6. The van der Waals surface area contributed by atoms with Gasteiger partial charge in [-0.2, -0.15) is 0 Å². The van der Waals surface area contributed by atoms with Crippen LogP contribution in [0.25, 0.3) is 0 Å². The zero-order chi connectivity index (χ0) is 9.30. The summed E-state index contributed by atoms with van der Waals surface area (Å²) in [5.41, 5.74) is 4.92. The Morgan fingerprint density at radius 3 is 2.67 bits per heavy atom. The number of rotatable bonds is 1. The second kappa shape index (κ2) is 3.10. The van der Waals surface area contributed by atoms with Gasteiger partial charge in [-0.1, -0.05) is 0 Å². The highest BCUT2D eigenvalue weighted by atomic mass is 79.9. The van der Waals surface area contributed by atoms with Gasteiger partial charge in [0.2, 0.25) is 5.91 Å². The Balaban J connectivity index is 3.33. The van der Waals surface area contributed by atoms with Gasteiger partial charge in [0.05, 0.1) is 5.56 Å². The summed E-state index contributed by atoms with van der Waals surface area (Å²) >= 11 is 2.95. The molecule has 0 heterocycles. The van der Waals surface area contributed by atoms with Crippen molar-refractivity contribution >= 4 is 21.8 Å². The number of carbonyl (C=O) groups excluding carboxylic acids is 1. The van der Waals surface area contributed by atoms with Crippen LogP contribution in [0.4, 0.5) is 4.39 Å². The molecule has 1 rings (SSSR count). The maximum Gasteiger partial charge on any atom is 0.249 e. The molecule has 0 radical (unpaired) electrons. The molecule has 5 heteroatoms. The van der Waals surface area contributed by atoms with Crippen molar-refractivity contribution in [3.8, 4) is 5.75 Å². The monoisotopic (exact) mass is 233 g/mol. The van der Waals surface area contributed by atoms with Gasteiger partial charge in [0.15, 0.2) is 11.6 Å². The second-order valence-corrected chi connectivity index (χ2v) is 3.00. The normalized spacial score (nSPS) is 9.83. The highest BCUT2D eigenvalue weighted by Crippen LogP contribution is 2.24. The Morgan fingerprint density at radius 2 is 2.17 bits per heavy atom. The fraction of sp³-hybridized carbons (Fsp3) is 0. The topological polar surface area (TPSA) is 63.3 Å². The van der Waals surface area contributed by atoms with E-state index in [1.54, 1.807) is 0 Å². The minimum absolute atomic E-state index is 0.00491. The summed E-state index contributed by atoms with van der Waals surface area (Å²) in [7, 11) is 0. The molecule has 0 spiro atoms. The molecule has 1 amide bonds. The highest BCUT2D eigenvalue weighted by molar-refractivity contribution is 9.10. The van der Waals surface area contributed by atoms with Crippen molar-refractivity contribution in [2.75, 3.05) is 0 Å². The van der Waals surface area contributed by atoms with Crippen LogP contribution in [-0.4, -0.2) is 11.0 Å². The Labute approximate surface area is 76.1 Å². The van der Waals surface area contributed by atoms with Crippen molar-refractivity contribution < 1.29 is 14.3 Å². The number of primary amides is 1. The van der Waals surface area contributed by atoms with Gasteiger partial charge in [-0.15, -0.1) is 0 Å². The average molecular weight is 234 g/mol. The van der Waals surface area contributed by atoms with Gasteiger partial charge in [-0.3, -0.25) is 4.79 Å². The Bertz CT molecular complexity index is 340. The predicted octanol–water partition coefficient (Wildman–Crippen LogP) is 1.39. The summed E-state index contributed by atoms with van der Waals surface area (Å²) in [6.07, 6.45) is 0. The SMILES string of the molecule is NC(=O)c1cc(F)c(O)cc1Br. The molecule has 0 atom stereocenters. The first kappa shape index (κ1) is 8.99.